The van der Waals surface area contributed by atoms with Gasteiger partial charge < -0.3 is 5.32 Å². The number of sulfonamides is 1. The van der Waals surface area contributed by atoms with Gasteiger partial charge in [-0.15, -0.1) is 11.3 Å². The summed E-state index contributed by atoms with van der Waals surface area (Å²) in [7, 11) is -3.29. The van der Waals surface area contributed by atoms with Gasteiger partial charge in [0, 0.05) is 47.6 Å². The van der Waals surface area contributed by atoms with Crippen LogP contribution in [0.15, 0.2) is 12.3 Å². The molecule has 3 heterocycles. The Morgan fingerprint density at radius 3 is 2.53 bits per heavy atom. The zero-order valence-corrected chi connectivity index (χ0v) is 23.4. The number of hydrogen-bond donors (Lipinski definition) is 1. The minimum Gasteiger partial charge on any atom is -0.351 e. The predicted octanol–water partition coefficient (Wildman–Crippen LogP) is 5.73. The van der Waals surface area contributed by atoms with Gasteiger partial charge in [0.25, 0.3) is 0 Å². The zero-order chi connectivity index (χ0) is 27.5. The van der Waals surface area contributed by atoms with Crippen molar-refractivity contribution in [2.24, 2.45) is 11.8 Å². The van der Waals surface area contributed by atoms with Crippen molar-refractivity contribution < 1.29 is 26.4 Å². The standard InChI is InChI=1S/C26H33F3N4O3S2/c1-15(2)25-10-4-5-16(25)6-7-20(34)18-13-21(37-23(18)25)22-19(26(27,28)29)14-30-24(32-22)31-17-8-11-33(12-9-17)38(3,35)36/h13-17H,4-12H2,1-3H3,(H,30,31,32). The highest BCUT2D eigenvalue weighted by atomic mass is 32.2. The molecule has 38 heavy (non-hydrogen) atoms. The second-order valence-corrected chi connectivity index (χ2v) is 14.2. The Labute approximate surface area is 225 Å². The quantitative estimate of drug-likeness (QED) is 0.494. The molecule has 2 unspecified atom stereocenters. The number of nitrogens with zero attached hydrogens (tertiary/aromatic N) is 3. The molecule has 1 saturated carbocycles. The van der Waals surface area contributed by atoms with Gasteiger partial charge in [-0.1, -0.05) is 20.3 Å². The predicted molar refractivity (Wildman–Crippen MR) is 141 cm³/mol. The monoisotopic (exact) mass is 570 g/mol. The van der Waals surface area contributed by atoms with Crippen LogP contribution in [0.3, 0.4) is 0 Å². The molecule has 1 N–H and O–H groups in total. The van der Waals surface area contributed by atoms with Crippen LogP contribution in [0.4, 0.5) is 19.1 Å². The number of aromatic nitrogens is 2. The molecule has 0 amide bonds. The molecular formula is C26H33F3N4O3S2. The van der Waals surface area contributed by atoms with E-state index >= 15 is 0 Å². The van der Waals surface area contributed by atoms with Crippen LogP contribution in [0.5, 0.6) is 0 Å². The van der Waals surface area contributed by atoms with Crippen molar-refractivity contribution in [3.8, 4) is 10.6 Å². The van der Waals surface area contributed by atoms with Gasteiger partial charge in [0.05, 0.1) is 16.8 Å². The Hall–Kier alpha value is -2.05. The van der Waals surface area contributed by atoms with Gasteiger partial charge in [-0.3, -0.25) is 4.79 Å². The van der Waals surface area contributed by atoms with Crippen LogP contribution in [0.1, 0.15) is 79.6 Å². The fourth-order valence-corrected chi connectivity index (χ4v) is 9.19. The van der Waals surface area contributed by atoms with E-state index in [-0.39, 0.29) is 34.8 Å². The molecular weight excluding hydrogens is 537 g/mol. The van der Waals surface area contributed by atoms with E-state index in [4.69, 9.17) is 0 Å². The molecule has 7 nitrogen and oxygen atoms in total. The van der Waals surface area contributed by atoms with Gasteiger partial charge in [-0.2, -0.15) is 13.2 Å². The molecule has 0 aromatic carbocycles. The first kappa shape index (κ1) is 27.5. The molecule has 1 aliphatic heterocycles. The smallest absolute Gasteiger partial charge is 0.351 e. The molecule has 12 heteroatoms. The van der Waals surface area contributed by atoms with E-state index in [1.165, 1.54) is 15.6 Å². The van der Waals surface area contributed by atoms with Crippen molar-refractivity contribution in [1.82, 2.24) is 14.3 Å². The molecule has 2 atom stereocenters. The number of hydrogen-bond acceptors (Lipinski definition) is 7. The number of fused-ring (bicyclic) bond motifs is 3. The summed E-state index contributed by atoms with van der Waals surface area (Å²) < 4.78 is 67.3. The van der Waals surface area contributed by atoms with Crippen LogP contribution in [-0.2, 0) is 21.6 Å². The number of piperidine rings is 1. The Morgan fingerprint density at radius 1 is 1.18 bits per heavy atom. The van der Waals surface area contributed by atoms with Crippen molar-refractivity contribution >= 4 is 33.1 Å². The van der Waals surface area contributed by atoms with Crippen LogP contribution >= 0.6 is 11.3 Å². The summed E-state index contributed by atoms with van der Waals surface area (Å²) >= 11 is 1.28. The van der Waals surface area contributed by atoms with Gasteiger partial charge in [-0.25, -0.2) is 22.7 Å². The molecule has 0 bridgehead atoms. The van der Waals surface area contributed by atoms with Crippen LogP contribution < -0.4 is 5.32 Å². The minimum absolute atomic E-state index is 0.00414. The maximum Gasteiger partial charge on any atom is 0.420 e. The molecule has 208 valence electrons. The maximum atomic E-state index is 14.1. The molecule has 1 saturated heterocycles. The highest BCUT2D eigenvalue weighted by Crippen LogP contribution is 2.58. The average Bonchev–Trinajstić information content (AvgIpc) is 3.45. The Morgan fingerprint density at radius 2 is 1.89 bits per heavy atom. The van der Waals surface area contributed by atoms with Gasteiger partial charge in [0.1, 0.15) is 5.56 Å². The fourth-order valence-electron chi connectivity index (χ4n) is 6.69. The van der Waals surface area contributed by atoms with E-state index in [1.807, 2.05) is 0 Å². The number of nitrogens with one attached hydrogen (secondary N) is 1. The average molecular weight is 571 g/mol. The summed E-state index contributed by atoms with van der Waals surface area (Å²) in [6.07, 6.45) is 2.55. The summed E-state index contributed by atoms with van der Waals surface area (Å²) in [6, 6.07) is 1.46. The fraction of sp³-hybridized carbons (Fsp3) is 0.654. The van der Waals surface area contributed by atoms with E-state index in [1.54, 1.807) is 6.07 Å². The Kier molecular flexibility index (Phi) is 7.13. The van der Waals surface area contributed by atoms with Gasteiger partial charge in [0.2, 0.25) is 16.0 Å². The third-order valence-electron chi connectivity index (χ3n) is 8.66. The van der Waals surface area contributed by atoms with Crippen molar-refractivity contribution in [3.05, 3.63) is 28.3 Å². The second kappa shape index (κ2) is 9.85. The summed E-state index contributed by atoms with van der Waals surface area (Å²) in [6.45, 7) is 4.95. The van der Waals surface area contributed by atoms with Crippen LogP contribution in [0.2, 0.25) is 0 Å². The van der Waals surface area contributed by atoms with E-state index < -0.39 is 21.8 Å². The van der Waals surface area contributed by atoms with E-state index in [0.717, 1.165) is 43.0 Å². The largest absolute Gasteiger partial charge is 0.420 e. The normalized spacial score (nSPS) is 25.3. The lowest BCUT2D eigenvalue weighted by atomic mass is 9.67. The molecule has 2 aliphatic carbocycles. The Balaban J connectivity index is 1.52. The number of rotatable bonds is 5. The number of carbonyl (C=O) groups is 1. The van der Waals surface area contributed by atoms with Gasteiger partial charge >= 0.3 is 6.18 Å². The molecule has 5 rings (SSSR count). The minimum atomic E-state index is -4.66. The van der Waals surface area contributed by atoms with Crippen LogP contribution in [0, 0.1) is 11.8 Å². The number of carbonyl (C=O) groups excluding carboxylic acids is 1. The number of anilines is 1. The maximum absolute atomic E-state index is 14.1. The van der Waals surface area contributed by atoms with Crippen molar-refractivity contribution in [1.29, 1.82) is 0 Å². The van der Waals surface area contributed by atoms with E-state index in [0.29, 0.717) is 48.7 Å². The lowest BCUT2D eigenvalue weighted by Gasteiger charge is -2.38. The molecule has 2 fully saturated rings. The number of alkyl halides is 3. The molecule has 2 aromatic heterocycles. The third-order valence-corrected chi connectivity index (χ3v) is 11.3. The summed E-state index contributed by atoms with van der Waals surface area (Å²) in [5.74, 6) is 0.670. The Bertz CT molecular complexity index is 1330. The third kappa shape index (κ3) is 4.88. The van der Waals surface area contributed by atoms with Crippen molar-refractivity contribution in [2.75, 3.05) is 24.7 Å². The molecule has 2 aromatic rings. The molecule has 0 spiro atoms. The highest BCUT2D eigenvalue weighted by molar-refractivity contribution is 7.88. The zero-order valence-electron chi connectivity index (χ0n) is 21.8. The lowest BCUT2D eigenvalue weighted by molar-refractivity contribution is -0.137. The molecule has 0 radical (unpaired) electrons. The van der Waals surface area contributed by atoms with E-state index in [2.05, 4.69) is 29.1 Å². The number of thiophene rings is 1. The topological polar surface area (TPSA) is 92.3 Å². The SMILES string of the molecule is CC(C)C12CCCC1CCC(=O)c1cc(-c3nc(NC4CCN(S(C)(=O)=O)CC4)ncc3C(F)(F)F)sc12. The first-order valence-electron chi connectivity index (χ1n) is 13.1. The summed E-state index contributed by atoms with van der Waals surface area (Å²) in [4.78, 5) is 22.7. The number of halogens is 3. The summed E-state index contributed by atoms with van der Waals surface area (Å²) in [5.41, 5.74) is -0.800. The first-order valence-corrected chi connectivity index (χ1v) is 15.8. The van der Waals surface area contributed by atoms with E-state index in [9.17, 15) is 26.4 Å². The van der Waals surface area contributed by atoms with Crippen LogP contribution in [0.25, 0.3) is 10.6 Å². The highest BCUT2D eigenvalue weighted by Gasteiger charge is 2.51. The lowest BCUT2D eigenvalue weighted by Crippen LogP contribution is -2.42. The van der Waals surface area contributed by atoms with Crippen molar-refractivity contribution in [2.45, 2.75) is 76.4 Å². The molecule has 3 aliphatic rings. The van der Waals surface area contributed by atoms with Gasteiger partial charge in [0.15, 0.2) is 5.78 Å². The summed E-state index contributed by atoms with van der Waals surface area (Å²) in [5, 5.41) is 3.11. The van der Waals surface area contributed by atoms with Crippen LogP contribution in [-0.4, -0.2) is 53.9 Å². The second-order valence-electron chi connectivity index (χ2n) is 11.1. The number of Topliss-reactive ketones (excluding diaryl/α,β-unsaturated/α-hetero) is 1. The first-order chi connectivity index (χ1) is 17.8. The van der Waals surface area contributed by atoms with Gasteiger partial charge in [-0.05, 0) is 50.0 Å². The number of ketones is 1. The van der Waals surface area contributed by atoms with Crippen molar-refractivity contribution in [3.63, 3.8) is 0 Å².